The summed E-state index contributed by atoms with van der Waals surface area (Å²) in [6, 6.07) is 8.75. The third-order valence-corrected chi connectivity index (χ3v) is 4.22. The van der Waals surface area contributed by atoms with Gasteiger partial charge >= 0.3 is 7.12 Å². The van der Waals surface area contributed by atoms with Crippen LogP contribution in [0.5, 0.6) is 0 Å². The van der Waals surface area contributed by atoms with Crippen LogP contribution in [-0.4, -0.2) is 23.3 Å². The van der Waals surface area contributed by atoms with Crippen LogP contribution in [0.3, 0.4) is 0 Å². The number of benzene rings is 1. The molecule has 0 unspecified atom stereocenters. The van der Waals surface area contributed by atoms with Crippen molar-refractivity contribution in [2.75, 3.05) is 0 Å². The van der Waals surface area contributed by atoms with Crippen LogP contribution in [0, 0.1) is 5.95 Å². The van der Waals surface area contributed by atoms with Crippen LogP contribution in [0.2, 0.25) is 0 Å². The molecule has 0 bridgehead atoms. The van der Waals surface area contributed by atoms with Crippen molar-refractivity contribution in [3.8, 4) is 0 Å². The fraction of sp³-hybridized carbons (Fsp3) is 0.400. The zero-order chi connectivity index (χ0) is 14.5. The molecular weight excluding hydrogens is 256 g/mol. The summed E-state index contributed by atoms with van der Waals surface area (Å²) in [6.45, 7) is 7.97. The predicted octanol–water partition coefficient (Wildman–Crippen LogP) is 2.67. The second-order valence-corrected chi connectivity index (χ2v) is 6.14. The van der Waals surface area contributed by atoms with Gasteiger partial charge in [-0.25, -0.2) is 4.98 Å². The van der Waals surface area contributed by atoms with E-state index in [-0.39, 0.29) is 0 Å². The lowest BCUT2D eigenvalue weighted by Gasteiger charge is -2.32. The van der Waals surface area contributed by atoms with E-state index < -0.39 is 24.3 Å². The molecule has 3 nitrogen and oxygen atoms in total. The Labute approximate surface area is 118 Å². The topological polar surface area (TPSA) is 31.4 Å². The second-order valence-electron chi connectivity index (χ2n) is 6.14. The van der Waals surface area contributed by atoms with Crippen LogP contribution < -0.4 is 5.46 Å². The Bertz CT molecular complexity index is 656. The van der Waals surface area contributed by atoms with Crippen molar-refractivity contribution < 1.29 is 13.7 Å². The third-order valence-electron chi connectivity index (χ3n) is 4.22. The first-order valence-electron chi connectivity index (χ1n) is 6.71. The highest BCUT2D eigenvalue weighted by atomic mass is 19.1. The average Bonchev–Trinajstić information content (AvgIpc) is 2.57. The van der Waals surface area contributed by atoms with Gasteiger partial charge in [0.05, 0.1) is 16.7 Å². The summed E-state index contributed by atoms with van der Waals surface area (Å²) in [4.78, 5) is 3.99. The number of halogens is 1. The van der Waals surface area contributed by atoms with Crippen molar-refractivity contribution in [1.29, 1.82) is 0 Å². The molecular formula is C15H17BFNO2. The highest BCUT2D eigenvalue weighted by Crippen LogP contribution is 2.36. The number of aromatic nitrogens is 1. The molecule has 1 fully saturated rings. The van der Waals surface area contributed by atoms with Gasteiger partial charge in [-0.1, -0.05) is 18.2 Å². The van der Waals surface area contributed by atoms with Gasteiger partial charge in [0.2, 0.25) is 5.95 Å². The van der Waals surface area contributed by atoms with Crippen molar-refractivity contribution in [1.82, 2.24) is 4.98 Å². The summed E-state index contributed by atoms with van der Waals surface area (Å²) < 4.78 is 25.4. The molecule has 1 aliphatic heterocycles. The van der Waals surface area contributed by atoms with Crippen LogP contribution in [0.4, 0.5) is 4.39 Å². The van der Waals surface area contributed by atoms with Gasteiger partial charge < -0.3 is 9.31 Å². The van der Waals surface area contributed by atoms with Gasteiger partial charge in [0, 0.05) is 10.8 Å². The molecule has 0 radical (unpaired) electrons. The van der Waals surface area contributed by atoms with Crippen LogP contribution in [0.15, 0.2) is 30.3 Å². The van der Waals surface area contributed by atoms with Gasteiger partial charge in [-0.05, 0) is 39.8 Å². The monoisotopic (exact) mass is 273 g/mol. The van der Waals surface area contributed by atoms with Gasteiger partial charge in [0.15, 0.2) is 0 Å². The first kappa shape index (κ1) is 13.5. The van der Waals surface area contributed by atoms with Crippen molar-refractivity contribution in [2.24, 2.45) is 0 Å². The Balaban J connectivity index is 2.10. The summed E-state index contributed by atoms with van der Waals surface area (Å²) in [6.07, 6.45) is 0. The average molecular weight is 273 g/mol. The molecule has 0 atom stereocenters. The van der Waals surface area contributed by atoms with E-state index in [4.69, 9.17) is 9.31 Å². The van der Waals surface area contributed by atoms with Crippen molar-refractivity contribution in [2.45, 2.75) is 38.9 Å². The van der Waals surface area contributed by atoms with E-state index >= 15 is 0 Å². The zero-order valence-electron chi connectivity index (χ0n) is 12.1. The number of para-hydroxylation sites is 1. The van der Waals surface area contributed by atoms with Gasteiger partial charge in [0.25, 0.3) is 0 Å². The summed E-state index contributed by atoms with van der Waals surface area (Å²) >= 11 is 0. The lowest BCUT2D eigenvalue weighted by atomic mass is 9.77. The van der Waals surface area contributed by atoms with Crippen molar-refractivity contribution in [3.05, 3.63) is 36.3 Å². The predicted molar refractivity (Wildman–Crippen MR) is 77.4 cm³/mol. The molecule has 0 saturated carbocycles. The molecule has 1 aliphatic rings. The van der Waals surface area contributed by atoms with E-state index in [0.717, 1.165) is 10.8 Å². The molecule has 1 aromatic heterocycles. The maximum Gasteiger partial charge on any atom is 0.497 e. The first-order chi connectivity index (χ1) is 9.30. The minimum absolute atomic E-state index is 0.423. The van der Waals surface area contributed by atoms with Crippen LogP contribution in [0.1, 0.15) is 27.7 Å². The molecule has 5 heteroatoms. The van der Waals surface area contributed by atoms with Gasteiger partial charge in [-0.15, -0.1) is 0 Å². The van der Waals surface area contributed by atoms with E-state index in [1.807, 2.05) is 45.9 Å². The Hall–Kier alpha value is -1.46. The Morgan fingerprint density at radius 2 is 1.65 bits per heavy atom. The number of hydrogen-bond acceptors (Lipinski definition) is 3. The highest BCUT2D eigenvalue weighted by Gasteiger charge is 2.52. The SMILES string of the molecule is CC1(C)OB(c2cccc3ccc(F)nc23)OC1(C)C. The first-order valence-corrected chi connectivity index (χ1v) is 6.71. The Morgan fingerprint density at radius 1 is 1.00 bits per heavy atom. The highest BCUT2D eigenvalue weighted by molar-refractivity contribution is 6.64. The molecule has 0 spiro atoms. The smallest absolute Gasteiger partial charge is 0.399 e. The fourth-order valence-corrected chi connectivity index (χ4v) is 2.31. The number of nitrogens with zero attached hydrogens (tertiary/aromatic N) is 1. The number of pyridine rings is 1. The normalized spacial score (nSPS) is 20.6. The van der Waals surface area contributed by atoms with E-state index in [2.05, 4.69) is 4.98 Å². The molecule has 3 rings (SSSR count). The molecule has 0 aliphatic carbocycles. The van der Waals surface area contributed by atoms with Gasteiger partial charge in [-0.2, -0.15) is 4.39 Å². The minimum atomic E-state index is -0.530. The summed E-state index contributed by atoms with van der Waals surface area (Å²) in [7, 11) is -0.530. The van der Waals surface area contributed by atoms with E-state index in [0.29, 0.717) is 5.52 Å². The summed E-state index contributed by atoms with van der Waals surface area (Å²) in [5, 5.41) is 0.874. The molecule has 0 N–H and O–H groups in total. The third kappa shape index (κ3) is 2.01. The molecule has 1 aromatic carbocycles. The van der Waals surface area contributed by atoms with Crippen molar-refractivity contribution in [3.63, 3.8) is 0 Å². The second kappa shape index (κ2) is 4.27. The standard InChI is InChI=1S/C15H17BFNO2/c1-14(2)15(3,4)20-16(19-14)11-7-5-6-10-8-9-12(17)18-13(10)11/h5-9H,1-4H3. The number of hydrogen-bond donors (Lipinski definition) is 0. The van der Waals surface area contributed by atoms with Crippen LogP contribution in [0.25, 0.3) is 10.9 Å². The lowest BCUT2D eigenvalue weighted by Crippen LogP contribution is -2.41. The van der Waals surface area contributed by atoms with E-state index in [9.17, 15) is 4.39 Å². The number of fused-ring (bicyclic) bond motifs is 1. The van der Waals surface area contributed by atoms with Crippen LogP contribution >= 0.6 is 0 Å². The molecule has 20 heavy (non-hydrogen) atoms. The minimum Gasteiger partial charge on any atom is -0.399 e. The lowest BCUT2D eigenvalue weighted by molar-refractivity contribution is 0.00578. The summed E-state index contributed by atoms with van der Waals surface area (Å²) in [5.74, 6) is -0.499. The number of rotatable bonds is 1. The molecule has 1 saturated heterocycles. The zero-order valence-corrected chi connectivity index (χ0v) is 12.1. The molecule has 104 valence electrons. The summed E-state index contributed by atoms with van der Waals surface area (Å²) in [5.41, 5.74) is 0.506. The maximum atomic E-state index is 13.4. The quantitative estimate of drug-likeness (QED) is 0.591. The maximum absolute atomic E-state index is 13.4. The molecule has 2 heterocycles. The van der Waals surface area contributed by atoms with Gasteiger partial charge in [-0.3, -0.25) is 0 Å². The van der Waals surface area contributed by atoms with E-state index in [1.165, 1.54) is 6.07 Å². The molecule has 2 aromatic rings. The Kier molecular flexibility index (Phi) is 2.89. The van der Waals surface area contributed by atoms with Crippen molar-refractivity contribution >= 4 is 23.5 Å². The van der Waals surface area contributed by atoms with Crippen LogP contribution in [-0.2, 0) is 9.31 Å². The van der Waals surface area contributed by atoms with E-state index in [1.54, 1.807) is 6.07 Å². The fourth-order valence-electron chi connectivity index (χ4n) is 2.31. The van der Waals surface area contributed by atoms with Gasteiger partial charge in [0.1, 0.15) is 0 Å². The molecule has 0 amide bonds. The largest absolute Gasteiger partial charge is 0.497 e. The Morgan fingerprint density at radius 3 is 2.30 bits per heavy atom.